The van der Waals surface area contributed by atoms with E-state index in [-0.39, 0.29) is 11.8 Å². The summed E-state index contributed by atoms with van der Waals surface area (Å²) in [6, 6.07) is 5.76. The molecule has 0 aliphatic carbocycles. The van der Waals surface area contributed by atoms with Crippen LogP contribution in [0, 0.1) is 5.92 Å². The smallest absolute Gasteiger partial charge is 0.226 e. The molecule has 1 amide bonds. The Kier molecular flexibility index (Phi) is 5.39. The summed E-state index contributed by atoms with van der Waals surface area (Å²) in [5.41, 5.74) is 1.05. The number of ether oxygens (including phenoxy) is 2. The van der Waals surface area contributed by atoms with E-state index in [1.807, 2.05) is 18.2 Å². The van der Waals surface area contributed by atoms with Crippen LogP contribution < -0.4 is 14.8 Å². The Morgan fingerprint density at radius 2 is 2.22 bits per heavy atom. The van der Waals surface area contributed by atoms with Gasteiger partial charge in [-0.15, -0.1) is 0 Å². The molecule has 3 rings (SSSR count). The van der Waals surface area contributed by atoms with Crippen LogP contribution in [0.1, 0.15) is 24.8 Å². The minimum atomic E-state index is -0.110. The lowest BCUT2D eigenvalue weighted by molar-refractivity contribution is -0.126. The van der Waals surface area contributed by atoms with Gasteiger partial charge in [0.2, 0.25) is 5.91 Å². The van der Waals surface area contributed by atoms with Crippen LogP contribution in [-0.2, 0) is 11.2 Å². The van der Waals surface area contributed by atoms with Gasteiger partial charge in [0.15, 0.2) is 0 Å². The van der Waals surface area contributed by atoms with Gasteiger partial charge in [-0.25, -0.2) is 0 Å². The summed E-state index contributed by atoms with van der Waals surface area (Å²) < 4.78 is 11.0. The van der Waals surface area contributed by atoms with Crippen molar-refractivity contribution in [2.75, 3.05) is 39.9 Å². The SMILES string of the molecule is COc1ccc2c(c1)C[C@H](C(=O)NCCCN1CCCC1)CO2. The topological polar surface area (TPSA) is 50.8 Å². The van der Waals surface area contributed by atoms with Crippen molar-refractivity contribution in [3.05, 3.63) is 23.8 Å². The lowest BCUT2D eigenvalue weighted by Crippen LogP contribution is -2.38. The number of hydrogen-bond acceptors (Lipinski definition) is 4. The van der Waals surface area contributed by atoms with E-state index in [1.165, 1.54) is 25.9 Å². The number of hydrogen-bond donors (Lipinski definition) is 1. The van der Waals surface area contributed by atoms with Gasteiger partial charge in [0.25, 0.3) is 0 Å². The minimum absolute atomic E-state index is 0.0971. The highest BCUT2D eigenvalue weighted by Crippen LogP contribution is 2.30. The fourth-order valence-corrected chi connectivity index (χ4v) is 3.33. The summed E-state index contributed by atoms with van der Waals surface area (Å²) in [5.74, 6) is 1.66. The number of nitrogens with zero attached hydrogens (tertiary/aromatic N) is 1. The summed E-state index contributed by atoms with van der Waals surface area (Å²) in [5, 5.41) is 3.06. The minimum Gasteiger partial charge on any atom is -0.497 e. The van der Waals surface area contributed by atoms with Gasteiger partial charge in [0.05, 0.1) is 13.0 Å². The molecule has 23 heavy (non-hydrogen) atoms. The molecule has 126 valence electrons. The number of benzene rings is 1. The average molecular weight is 318 g/mol. The highest BCUT2D eigenvalue weighted by molar-refractivity contribution is 5.79. The van der Waals surface area contributed by atoms with Crippen LogP contribution in [0.15, 0.2) is 18.2 Å². The fraction of sp³-hybridized carbons (Fsp3) is 0.611. The number of methoxy groups -OCH3 is 1. The zero-order valence-electron chi connectivity index (χ0n) is 13.8. The van der Waals surface area contributed by atoms with Crippen molar-refractivity contribution >= 4 is 5.91 Å². The summed E-state index contributed by atoms with van der Waals surface area (Å²) in [6.45, 7) is 4.71. The first-order valence-electron chi connectivity index (χ1n) is 8.56. The molecule has 1 fully saturated rings. The predicted molar refractivity (Wildman–Crippen MR) is 89.0 cm³/mol. The maximum Gasteiger partial charge on any atom is 0.226 e. The van der Waals surface area contributed by atoms with Crippen LogP contribution in [0.5, 0.6) is 11.5 Å². The Morgan fingerprint density at radius 1 is 1.39 bits per heavy atom. The van der Waals surface area contributed by atoms with Crippen molar-refractivity contribution < 1.29 is 14.3 Å². The van der Waals surface area contributed by atoms with Crippen molar-refractivity contribution in [3.8, 4) is 11.5 Å². The van der Waals surface area contributed by atoms with Crippen LogP contribution in [0.25, 0.3) is 0 Å². The monoisotopic (exact) mass is 318 g/mol. The summed E-state index contributed by atoms with van der Waals surface area (Å²) in [6.07, 6.45) is 4.36. The molecule has 5 nitrogen and oxygen atoms in total. The third-order valence-corrected chi connectivity index (χ3v) is 4.69. The predicted octanol–water partition coefficient (Wildman–Crippen LogP) is 1.85. The Bertz CT molecular complexity index is 541. The van der Waals surface area contributed by atoms with E-state index >= 15 is 0 Å². The number of likely N-dealkylation sites (tertiary alicyclic amines) is 1. The van der Waals surface area contributed by atoms with Gasteiger partial charge in [-0.2, -0.15) is 0 Å². The van der Waals surface area contributed by atoms with E-state index in [4.69, 9.17) is 9.47 Å². The Balaban J connectivity index is 1.44. The number of amides is 1. The van der Waals surface area contributed by atoms with Gasteiger partial charge in [0.1, 0.15) is 18.1 Å². The van der Waals surface area contributed by atoms with Crippen molar-refractivity contribution in [2.45, 2.75) is 25.7 Å². The molecule has 0 aromatic heterocycles. The van der Waals surface area contributed by atoms with Crippen LogP contribution in [0.4, 0.5) is 0 Å². The first-order chi connectivity index (χ1) is 11.3. The van der Waals surface area contributed by atoms with E-state index in [1.54, 1.807) is 7.11 Å². The van der Waals surface area contributed by atoms with E-state index in [0.717, 1.165) is 36.6 Å². The number of fused-ring (bicyclic) bond motifs is 1. The number of rotatable bonds is 6. The van der Waals surface area contributed by atoms with E-state index in [9.17, 15) is 4.79 Å². The van der Waals surface area contributed by atoms with Crippen molar-refractivity contribution in [2.24, 2.45) is 5.92 Å². The molecule has 0 bridgehead atoms. The van der Waals surface area contributed by atoms with Crippen molar-refractivity contribution in [1.82, 2.24) is 10.2 Å². The van der Waals surface area contributed by atoms with Crippen LogP contribution in [-0.4, -0.2) is 50.7 Å². The largest absolute Gasteiger partial charge is 0.497 e. The number of carbonyl (C=O) groups is 1. The molecule has 1 aromatic rings. The zero-order chi connectivity index (χ0) is 16.1. The fourth-order valence-electron chi connectivity index (χ4n) is 3.33. The highest BCUT2D eigenvalue weighted by Gasteiger charge is 2.26. The molecule has 2 aliphatic heterocycles. The lowest BCUT2D eigenvalue weighted by Gasteiger charge is -2.25. The Labute approximate surface area is 137 Å². The van der Waals surface area contributed by atoms with Crippen molar-refractivity contribution in [3.63, 3.8) is 0 Å². The van der Waals surface area contributed by atoms with E-state index in [0.29, 0.717) is 13.0 Å². The van der Waals surface area contributed by atoms with Gasteiger partial charge in [0, 0.05) is 6.54 Å². The molecule has 0 unspecified atom stereocenters. The molecular weight excluding hydrogens is 292 g/mol. The molecule has 1 aromatic carbocycles. The maximum absolute atomic E-state index is 12.3. The van der Waals surface area contributed by atoms with E-state index in [2.05, 4.69) is 10.2 Å². The zero-order valence-corrected chi connectivity index (χ0v) is 13.8. The van der Waals surface area contributed by atoms with Crippen LogP contribution in [0.3, 0.4) is 0 Å². The summed E-state index contributed by atoms with van der Waals surface area (Å²) >= 11 is 0. The lowest BCUT2D eigenvalue weighted by atomic mass is 9.96. The molecule has 5 heteroatoms. The molecule has 1 N–H and O–H groups in total. The second-order valence-electron chi connectivity index (χ2n) is 6.38. The second kappa shape index (κ2) is 7.68. The molecule has 0 spiro atoms. The first kappa shape index (κ1) is 16.1. The standard InChI is InChI=1S/C18H26N2O3/c1-22-16-5-6-17-14(12-16)11-15(13-23-17)18(21)19-7-4-10-20-8-2-3-9-20/h5-6,12,15H,2-4,7-11,13H2,1H3,(H,19,21)/t15-/m0/s1. The molecule has 2 heterocycles. The maximum atomic E-state index is 12.3. The van der Waals surface area contributed by atoms with Gasteiger partial charge in [-0.3, -0.25) is 4.79 Å². The van der Waals surface area contributed by atoms with Gasteiger partial charge in [-0.1, -0.05) is 0 Å². The molecule has 1 atom stereocenters. The molecule has 0 saturated carbocycles. The third kappa shape index (κ3) is 4.16. The number of carbonyl (C=O) groups excluding carboxylic acids is 1. The van der Waals surface area contributed by atoms with Gasteiger partial charge in [-0.05, 0) is 69.1 Å². The van der Waals surface area contributed by atoms with E-state index < -0.39 is 0 Å². The number of nitrogens with one attached hydrogen (secondary N) is 1. The van der Waals surface area contributed by atoms with Gasteiger partial charge >= 0.3 is 0 Å². The Morgan fingerprint density at radius 3 is 3.00 bits per heavy atom. The first-order valence-corrected chi connectivity index (χ1v) is 8.56. The molecule has 0 radical (unpaired) electrons. The summed E-state index contributed by atoms with van der Waals surface area (Å²) in [7, 11) is 1.65. The second-order valence-corrected chi connectivity index (χ2v) is 6.38. The third-order valence-electron chi connectivity index (χ3n) is 4.69. The normalized spacial score (nSPS) is 20.7. The molecule has 2 aliphatic rings. The van der Waals surface area contributed by atoms with Gasteiger partial charge < -0.3 is 19.7 Å². The Hall–Kier alpha value is -1.75. The molecule has 1 saturated heterocycles. The van der Waals surface area contributed by atoms with Crippen molar-refractivity contribution in [1.29, 1.82) is 0 Å². The summed E-state index contributed by atoms with van der Waals surface area (Å²) in [4.78, 5) is 14.8. The quantitative estimate of drug-likeness (QED) is 0.813. The average Bonchev–Trinajstić information content (AvgIpc) is 3.11. The highest BCUT2D eigenvalue weighted by atomic mass is 16.5. The van der Waals surface area contributed by atoms with Crippen LogP contribution >= 0.6 is 0 Å². The molecular formula is C18H26N2O3. The van der Waals surface area contributed by atoms with Crippen LogP contribution in [0.2, 0.25) is 0 Å².